The van der Waals surface area contributed by atoms with Gasteiger partial charge in [-0.1, -0.05) is 6.92 Å². The Labute approximate surface area is 84.1 Å². The molecule has 3 N–H and O–H groups in total. The van der Waals surface area contributed by atoms with E-state index < -0.39 is 6.09 Å². The van der Waals surface area contributed by atoms with E-state index in [1.54, 1.807) is 0 Å². The van der Waals surface area contributed by atoms with Gasteiger partial charge in [0.25, 0.3) is 0 Å². The molecule has 0 aromatic heterocycles. The number of nitrogens with zero attached hydrogens (tertiary/aromatic N) is 1. The Morgan fingerprint density at radius 1 is 1.71 bits per heavy atom. The molecular formula is C10H18N2O2. The summed E-state index contributed by atoms with van der Waals surface area (Å²) in [6.45, 7) is 4.21. The second kappa shape index (κ2) is 3.12. The second-order valence-electron chi connectivity index (χ2n) is 4.97. The molecule has 1 aliphatic heterocycles. The van der Waals surface area contributed by atoms with Crippen molar-refractivity contribution < 1.29 is 9.90 Å². The van der Waals surface area contributed by atoms with Crippen LogP contribution in [0.1, 0.15) is 19.8 Å². The summed E-state index contributed by atoms with van der Waals surface area (Å²) in [5, 5.41) is 8.93. The van der Waals surface area contributed by atoms with Crippen molar-refractivity contribution in [2.24, 2.45) is 23.0 Å². The normalized spacial score (nSPS) is 41.4. The Balaban J connectivity index is 2.14. The second-order valence-corrected chi connectivity index (χ2v) is 4.97. The van der Waals surface area contributed by atoms with Crippen LogP contribution in [0.4, 0.5) is 4.79 Å². The van der Waals surface area contributed by atoms with Crippen LogP contribution in [0.5, 0.6) is 0 Å². The van der Waals surface area contributed by atoms with Crippen molar-refractivity contribution in [3.8, 4) is 0 Å². The topological polar surface area (TPSA) is 66.6 Å². The Bertz CT molecular complexity index is 257. The fraction of sp³-hybridized carbons (Fsp3) is 0.900. The van der Waals surface area contributed by atoms with Crippen LogP contribution in [0.2, 0.25) is 0 Å². The molecule has 1 saturated carbocycles. The molecule has 0 spiro atoms. The number of hydrogen-bond acceptors (Lipinski definition) is 2. The van der Waals surface area contributed by atoms with E-state index in [1.165, 1.54) is 4.90 Å². The van der Waals surface area contributed by atoms with Gasteiger partial charge in [0.1, 0.15) is 0 Å². The van der Waals surface area contributed by atoms with Gasteiger partial charge in [-0.25, -0.2) is 4.79 Å². The minimum absolute atomic E-state index is 0.0950. The maximum Gasteiger partial charge on any atom is 0.407 e. The largest absolute Gasteiger partial charge is 0.465 e. The molecule has 4 nitrogen and oxygen atoms in total. The van der Waals surface area contributed by atoms with E-state index in [2.05, 4.69) is 6.92 Å². The zero-order chi connectivity index (χ0) is 10.3. The van der Waals surface area contributed by atoms with E-state index in [-0.39, 0.29) is 5.41 Å². The van der Waals surface area contributed by atoms with Gasteiger partial charge in [-0.2, -0.15) is 0 Å². The van der Waals surface area contributed by atoms with Crippen molar-refractivity contribution in [1.29, 1.82) is 0 Å². The van der Waals surface area contributed by atoms with Crippen LogP contribution in [0, 0.1) is 17.3 Å². The molecule has 14 heavy (non-hydrogen) atoms. The van der Waals surface area contributed by atoms with Crippen molar-refractivity contribution >= 4 is 6.09 Å². The molecule has 1 heterocycles. The first-order valence-corrected chi connectivity index (χ1v) is 5.25. The van der Waals surface area contributed by atoms with Crippen molar-refractivity contribution in [1.82, 2.24) is 4.90 Å². The van der Waals surface area contributed by atoms with E-state index in [0.717, 1.165) is 12.8 Å². The predicted octanol–water partition coefficient (Wildman–Crippen LogP) is 0.971. The van der Waals surface area contributed by atoms with Crippen LogP contribution in [0.15, 0.2) is 0 Å². The fourth-order valence-electron chi connectivity index (χ4n) is 3.31. The molecule has 1 aliphatic carbocycles. The van der Waals surface area contributed by atoms with Gasteiger partial charge in [0, 0.05) is 18.5 Å². The molecule has 0 aromatic rings. The standard InChI is InChI=1S/C10H18N2O2/c1-7-2-8-4-12(9(13)14)6-10(8,3-7)5-11/h7-8H,2-6,11H2,1H3,(H,13,14)/t7?,8-,10-/m0/s1. The molecule has 1 amide bonds. The Morgan fingerprint density at radius 2 is 2.43 bits per heavy atom. The smallest absolute Gasteiger partial charge is 0.407 e. The number of rotatable bonds is 1. The lowest BCUT2D eigenvalue weighted by Crippen LogP contribution is -2.36. The third-order valence-corrected chi connectivity index (χ3v) is 3.93. The minimum atomic E-state index is -0.792. The lowest BCUT2D eigenvalue weighted by molar-refractivity contribution is 0.147. The molecule has 1 saturated heterocycles. The van der Waals surface area contributed by atoms with Gasteiger partial charge in [0.2, 0.25) is 0 Å². The summed E-state index contributed by atoms with van der Waals surface area (Å²) in [5.74, 6) is 1.21. The van der Waals surface area contributed by atoms with Gasteiger partial charge in [-0.3, -0.25) is 0 Å². The summed E-state index contributed by atoms with van der Waals surface area (Å²) in [4.78, 5) is 12.4. The van der Waals surface area contributed by atoms with Crippen molar-refractivity contribution in [3.63, 3.8) is 0 Å². The Kier molecular flexibility index (Phi) is 2.18. The molecule has 1 unspecified atom stereocenters. The van der Waals surface area contributed by atoms with E-state index in [1.807, 2.05) is 0 Å². The molecule has 0 bridgehead atoms. The highest BCUT2D eigenvalue weighted by molar-refractivity contribution is 5.65. The molecule has 2 rings (SSSR count). The lowest BCUT2D eigenvalue weighted by Gasteiger charge is -2.26. The Morgan fingerprint density at radius 3 is 2.93 bits per heavy atom. The quantitative estimate of drug-likeness (QED) is 0.659. The average Bonchev–Trinajstić information content (AvgIpc) is 2.57. The van der Waals surface area contributed by atoms with E-state index >= 15 is 0 Å². The molecule has 0 aromatic carbocycles. The summed E-state index contributed by atoms with van der Waals surface area (Å²) >= 11 is 0. The van der Waals surface area contributed by atoms with Crippen LogP contribution in [-0.2, 0) is 0 Å². The number of amides is 1. The third-order valence-electron chi connectivity index (χ3n) is 3.93. The molecule has 3 atom stereocenters. The van der Waals surface area contributed by atoms with E-state index in [0.29, 0.717) is 31.5 Å². The summed E-state index contributed by atoms with van der Waals surface area (Å²) in [6, 6.07) is 0. The molecule has 2 aliphatic rings. The molecule has 4 heteroatoms. The number of hydrogen-bond donors (Lipinski definition) is 2. The summed E-state index contributed by atoms with van der Waals surface area (Å²) < 4.78 is 0. The van der Waals surface area contributed by atoms with Gasteiger partial charge in [-0.15, -0.1) is 0 Å². The van der Waals surface area contributed by atoms with Crippen LogP contribution < -0.4 is 5.73 Å². The van der Waals surface area contributed by atoms with Crippen LogP contribution >= 0.6 is 0 Å². The zero-order valence-corrected chi connectivity index (χ0v) is 8.57. The maximum atomic E-state index is 10.9. The maximum absolute atomic E-state index is 10.9. The van der Waals surface area contributed by atoms with Gasteiger partial charge in [0.15, 0.2) is 0 Å². The van der Waals surface area contributed by atoms with E-state index in [9.17, 15) is 4.79 Å². The first-order chi connectivity index (χ1) is 6.57. The third kappa shape index (κ3) is 1.29. The Hall–Kier alpha value is -0.770. The number of carboxylic acid groups (broad SMARTS) is 1. The van der Waals surface area contributed by atoms with Gasteiger partial charge in [-0.05, 0) is 31.2 Å². The predicted molar refractivity (Wildman–Crippen MR) is 53.0 cm³/mol. The summed E-state index contributed by atoms with van der Waals surface area (Å²) in [5.41, 5.74) is 5.91. The zero-order valence-electron chi connectivity index (χ0n) is 8.57. The number of nitrogens with two attached hydrogens (primary N) is 1. The van der Waals surface area contributed by atoms with Crippen molar-refractivity contribution in [3.05, 3.63) is 0 Å². The average molecular weight is 198 g/mol. The summed E-state index contributed by atoms with van der Waals surface area (Å²) in [6.07, 6.45) is 1.44. The molecule has 2 fully saturated rings. The molecule has 80 valence electrons. The van der Waals surface area contributed by atoms with E-state index in [4.69, 9.17) is 10.8 Å². The highest BCUT2D eigenvalue weighted by atomic mass is 16.4. The number of fused-ring (bicyclic) bond motifs is 1. The van der Waals surface area contributed by atoms with Gasteiger partial charge >= 0.3 is 6.09 Å². The van der Waals surface area contributed by atoms with Crippen LogP contribution in [0.3, 0.4) is 0 Å². The monoisotopic (exact) mass is 198 g/mol. The van der Waals surface area contributed by atoms with Gasteiger partial charge in [0.05, 0.1) is 0 Å². The number of likely N-dealkylation sites (tertiary alicyclic amines) is 1. The number of carbonyl (C=O) groups is 1. The van der Waals surface area contributed by atoms with Gasteiger partial charge < -0.3 is 15.7 Å². The lowest BCUT2D eigenvalue weighted by atomic mass is 9.81. The molecule has 0 radical (unpaired) electrons. The van der Waals surface area contributed by atoms with Crippen molar-refractivity contribution in [2.75, 3.05) is 19.6 Å². The summed E-state index contributed by atoms with van der Waals surface area (Å²) in [7, 11) is 0. The SMILES string of the molecule is CC1C[C@H]2CN(C(=O)O)C[C@@]2(CN)C1. The van der Waals surface area contributed by atoms with Crippen LogP contribution in [0.25, 0.3) is 0 Å². The first-order valence-electron chi connectivity index (χ1n) is 5.25. The molecular weight excluding hydrogens is 180 g/mol. The first kappa shape index (κ1) is 9.77. The highest BCUT2D eigenvalue weighted by Crippen LogP contribution is 2.50. The van der Waals surface area contributed by atoms with Crippen molar-refractivity contribution in [2.45, 2.75) is 19.8 Å². The fourth-order valence-corrected chi connectivity index (χ4v) is 3.31. The minimum Gasteiger partial charge on any atom is -0.465 e. The van der Waals surface area contributed by atoms with Crippen LogP contribution in [-0.4, -0.2) is 35.7 Å². The highest BCUT2D eigenvalue weighted by Gasteiger charge is 2.51.